The first-order valence-electron chi connectivity index (χ1n) is 6.69. The van der Waals surface area contributed by atoms with Gasteiger partial charge in [0.2, 0.25) is 6.08 Å². The molecule has 0 aliphatic carbocycles. The van der Waals surface area contributed by atoms with E-state index in [0.29, 0.717) is 18.7 Å². The maximum absolute atomic E-state index is 11.3. The molecule has 21 heavy (non-hydrogen) atoms. The SMILES string of the molecule is CCCCO.COC(=O)C(Cc1ccc(N)cc1)N=C=O. The molecule has 0 saturated heterocycles. The highest BCUT2D eigenvalue weighted by atomic mass is 16.5. The molecule has 0 aliphatic rings. The molecule has 0 spiro atoms. The van der Waals surface area contributed by atoms with E-state index in [4.69, 9.17) is 10.8 Å². The van der Waals surface area contributed by atoms with Gasteiger partial charge in [0.25, 0.3) is 0 Å². The minimum absolute atomic E-state index is 0.294. The van der Waals surface area contributed by atoms with Gasteiger partial charge in [-0.3, -0.25) is 0 Å². The number of nitrogens with two attached hydrogens (primary N) is 1. The van der Waals surface area contributed by atoms with Gasteiger partial charge in [-0.15, -0.1) is 0 Å². The van der Waals surface area contributed by atoms with Gasteiger partial charge in [-0.2, -0.15) is 4.99 Å². The van der Waals surface area contributed by atoms with E-state index in [1.807, 2.05) is 0 Å². The summed E-state index contributed by atoms with van der Waals surface area (Å²) in [5.41, 5.74) is 7.01. The summed E-state index contributed by atoms with van der Waals surface area (Å²) in [6, 6.07) is 6.13. The maximum atomic E-state index is 11.3. The second kappa shape index (κ2) is 11.6. The Hall–Kier alpha value is -2.17. The number of carbonyl (C=O) groups is 1. The van der Waals surface area contributed by atoms with Crippen LogP contribution in [0.25, 0.3) is 0 Å². The van der Waals surface area contributed by atoms with Crippen LogP contribution < -0.4 is 5.73 Å². The van der Waals surface area contributed by atoms with Gasteiger partial charge in [0.05, 0.1) is 7.11 Å². The van der Waals surface area contributed by atoms with Gasteiger partial charge in [0.1, 0.15) is 0 Å². The van der Waals surface area contributed by atoms with Crippen LogP contribution in [0, 0.1) is 0 Å². The molecule has 0 aliphatic heterocycles. The van der Waals surface area contributed by atoms with Crippen molar-refractivity contribution in [2.24, 2.45) is 4.99 Å². The quantitative estimate of drug-likeness (QED) is 0.358. The highest BCUT2D eigenvalue weighted by molar-refractivity contribution is 5.77. The lowest BCUT2D eigenvalue weighted by Crippen LogP contribution is -2.22. The number of nitrogens with zero attached hydrogens (tertiary/aromatic N) is 1. The van der Waals surface area contributed by atoms with Crippen LogP contribution in [0.15, 0.2) is 29.3 Å². The van der Waals surface area contributed by atoms with Crippen LogP contribution in [0.2, 0.25) is 0 Å². The van der Waals surface area contributed by atoms with Crippen molar-refractivity contribution in [3.8, 4) is 0 Å². The van der Waals surface area contributed by atoms with Gasteiger partial charge in [0, 0.05) is 18.7 Å². The fourth-order valence-corrected chi connectivity index (χ4v) is 1.42. The number of aliphatic hydroxyl groups is 1. The average Bonchev–Trinajstić information content (AvgIpc) is 2.49. The number of hydrogen-bond acceptors (Lipinski definition) is 6. The predicted molar refractivity (Wildman–Crippen MR) is 80.5 cm³/mol. The molecule has 0 aromatic heterocycles. The molecule has 1 unspecified atom stereocenters. The minimum atomic E-state index is -0.842. The Labute approximate surface area is 124 Å². The van der Waals surface area contributed by atoms with Gasteiger partial charge in [0.15, 0.2) is 6.04 Å². The topological polar surface area (TPSA) is 102 Å². The second-order valence-corrected chi connectivity index (χ2v) is 4.28. The van der Waals surface area contributed by atoms with Crippen LogP contribution >= 0.6 is 0 Å². The number of nitrogen functional groups attached to an aromatic ring is 1. The molecular formula is C15H22N2O4. The molecule has 6 nitrogen and oxygen atoms in total. The van der Waals surface area contributed by atoms with E-state index in [0.717, 1.165) is 18.4 Å². The molecule has 1 aromatic carbocycles. The molecule has 1 atom stereocenters. The van der Waals surface area contributed by atoms with Crippen LogP contribution in [-0.2, 0) is 20.7 Å². The first kappa shape index (κ1) is 18.8. The van der Waals surface area contributed by atoms with E-state index in [2.05, 4.69) is 16.7 Å². The zero-order valence-electron chi connectivity index (χ0n) is 12.4. The Morgan fingerprint density at radius 3 is 2.43 bits per heavy atom. The molecule has 3 N–H and O–H groups in total. The zero-order valence-corrected chi connectivity index (χ0v) is 12.4. The van der Waals surface area contributed by atoms with Crippen LogP contribution in [0.5, 0.6) is 0 Å². The number of isocyanates is 1. The number of benzene rings is 1. The van der Waals surface area contributed by atoms with Crippen LogP contribution in [0.1, 0.15) is 25.3 Å². The number of aliphatic imine (C=N–C) groups is 1. The molecule has 1 aromatic rings. The molecule has 1 rings (SSSR count). The van der Waals surface area contributed by atoms with Crippen LogP contribution in [0.4, 0.5) is 5.69 Å². The smallest absolute Gasteiger partial charge is 0.331 e. The summed E-state index contributed by atoms with van der Waals surface area (Å²) in [6.45, 7) is 2.40. The summed E-state index contributed by atoms with van der Waals surface area (Å²) in [7, 11) is 1.25. The highest BCUT2D eigenvalue weighted by Crippen LogP contribution is 2.10. The predicted octanol–water partition coefficient (Wildman–Crippen LogP) is 1.47. The largest absolute Gasteiger partial charge is 0.467 e. The van der Waals surface area contributed by atoms with Crippen molar-refractivity contribution in [2.45, 2.75) is 32.2 Å². The van der Waals surface area contributed by atoms with E-state index < -0.39 is 12.0 Å². The third kappa shape index (κ3) is 8.57. The van der Waals surface area contributed by atoms with E-state index in [9.17, 15) is 9.59 Å². The number of anilines is 1. The molecule has 0 bridgehead atoms. The number of rotatable bonds is 6. The van der Waals surface area contributed by atoms with Gasteiger partial charge >= 0.3 is 5.97 Å². The lowest BCUT2D eigenvalue weighted by atomic mass is 10.1. The molecule has 116 valence electrons. The van der Waals surface area contributed by atoms with E-state index >= 15 is 0 Å². The lowest BCUT2D eigenvalue weighted by molar-refractivity contribution is -0.142. The number of ether oxygens (including phenoxy) is 1. The Balaban J connectivity index is 0.000000690. The molecule has 0 radical (unpaired) electrons. The van der Waals surface area contributed by atoms with Crippen molar-refractivity contribution in [3.05, 3.63) is 29.8 Å². The van der Waals surface area contributed by atoms with Crippen LogP contribution in [0.3, 0.4) is 0 Å². The van der Waals surface area contributed by atoms with Crippen LogP contribution in [-0.4, -0.2) is 36.9 Å². The fourth-order valence-electron chi connectivity index (χ4n) is 1.42. The molecule has 0 saturated carbocycles. The monoisotopic (exact) mass is 294 g/mol. The molecule has 0 heterocycles. The van der Waals surface area contributed by atoms with Gasteiger partial charge < -0.3 is 15.6 Å². The standard InChI is InChI=1S/C11H12N2O3.C4H10O/c1-16-11(15)10(13-7-14)6-8-2-4-9(12)5-3-8;1-2-3-4-5/h2-5,10H,6,12H2,1H3;5H,2-4H2,1H3. The zero-order chi connectivity index (χ0) is 16.1. The summed E-state index contributed by atoms with van der Waals surface area (Å²) in [5.74, 6) is -0.555. The summed E-state index contributed by atoms with van der Waals surface area (Å²) in [6.07, 6.45) is 3.70. The summed E-state index contributed by atoms with van der Waals surface area (Å²) < 4.78 is 4.52. The molecular weight excluding hydrogens is 272 g/mol. The molecule has 0 amide bonds. The first-order valence-corrected chi connectivity index (χ1v) is 6.69. The third-order valence-corrected chi connectivity index (χ3v) is 2.60. The Morgan fingerprint density at radius 1 is 1.43 bits per heavy atom. The lowest BCUT2D eigenvalue weighted by Gasteiger charge is -2.08. The van der Waals surface area contributed by atoms with Gasteiger partial charge in [-0.1, -0.05) is 25.5 Å². The average molecular weight is 294 g/mol. The summed E-state index contributed by atoms with van der Waals surface area (Å²) in [4.78, 5) is 24.8. The summed E-state index contributed by atoms with van der Waals surface area (Å²) >= 11 is 0. The van der Waals surface area contributed by atoms with Gasteiger partial charge in [-0.25, -0.2) is 9.59 Å². The van der Waals surface area contributed by atoms with Crippen molar-refractivity contribution in [1.82, 2.24) is 0 Å². The third-order valence-electron chi connectivity index (χ3n) is 2.60. The number of esters is 1. The Morgan fingerprint density at radius 2 is 2.05 bits per heavy atom. The number of hydrogen-bond donors (Lipinski definition) is 2. The Bertz CT molecular complexity index is 451. The normalized spacial score (nSPS) is 10.6. The van der Waals surface area contributed by atoms with Crippen molar-refractivity contribution in [3.63, 3.8) is 0 Å². The summed E-state index contributed by atoms with van der Waals surface area (Å²) in [5, 5.41) is 8.07. The molecule has 0 fully saturated rings. The van der Waals surface area contributed by atoms with Gasteiger partial charge in [-0.05, 0) is 24.1 Å². The maximum Gasteiger partial charge on any atom is 0.331 e. The second-order valence-electron chi connectivity index (χ2n) is 4.28. The van der Waals surface area contributed by atoms with E-state index in [-0.39, 0.29) is 0 Å². The van der Waals surface area contributed by atoms with Crippen molar-refractivity contribution < 1.29 is 19.4 Å². The fraction of sp³-hybridized carbons (Fsp3) is 0.467. The molecule has 6 heteroatoms. The first-order chi connectivity index (χ1) is 10.1. The van der Waals surface area contributed by atoms with Crippen molar-refractivity contribution in [1.29, 1.82) is 0 Å². The number of carbonyl (C=O) groups excluding carboxylic acids is 2. The number of methoxy groups -OCH3 is 1. The number of aliphatic hydroxyl groups excluding tert-OH is 1. The van der Waals surface area contributed by atoms with Crippen molar-refractivity contribution >= 4 is 17.7 Å². The Kier molecular flexibility index (Phi) is 10.4. The highest BCUT2D eigenvalue weighted by Gasteiger charge is 2.18. The number of unbranched alkanes of at least 4 members (excludes halogenated alkanes) is 1. The van der Waals surface area contributed by atoms with E-state index in [1.165, 1.54) is 13.2 Å². The minimum Gasteiger partial charge on any atom is -0.467 e. The van der Waals surface area contributed by atoms with Crippen molar-refractivity contribution in [2.75, 3.05) is 19.5 Å². The van der Waals surface area contributed by atoms with E-state index in [1.54, 1.807) is 24.3 Å².